The topological polar surface area (TPSA) is 0 Å². The minimum atomic E-state index is 1.23. The summed E-state index contributed by atoms with van der Waals surface area (Å²) in [6.45, 7) is 0. The normalized spacial score (nSPS) is 21.9. The van der Waals surface area contributed by atoms with Gasteiger partial charge in [-0.25, -0.2) is 0 Å². The smallest absolute Gasteiger partial charge is 0.0285 e. The van der Waals surface area contributed by atoms with Crippen LogP contribution in [0.5, 0.6) is 0 Å². The lowest BCUT2D eigenvalue weighted by atomic mass is 9.78. The number of fused-ring (bicyclic) bond motifs is 1. The van der Waals surface area contributed by atoms with Gasteiger partial charge in [0.25, 0.3) is 0 Å². The second-order valence-electron chi connectivity index (χ2n) is 6.10. The second-order valence-corrected chi connectivity index (χ2v) is 6.10. The van der Waals surface area contributed by atoms with Gasteiger partial charge >= 0.3 is 0 Å². The third-order valence-corrected chi connectivity index (χ3v) is 4.69. The van der Waals surface area contributed by atoms with Gasteiger partial charge in [0, 0.05) is 23.7 Å². The Morgan fingerprint density at radius 2 is 1.09 bits per heavy atom. The van der Waals surface area contributed by atoms with Crippen molar-refractivity contribution in [3.8, 4) is 0 Å². The molecule has 0 heteroatoms. The predicted molar refractivity (Wildman–Crippen MR) is 95.6 cm³/mol. The van der Waals surface area contributed by atoms with Gasteiger partial charge in [0.15, 0.2) is 0 Å². The average molecular weight is 291 g/mol. The van der Waals surface area contributed by atoms with Crippen molar-refractivity contribution < 1.29 is 0 Å². The Balaban J connectivity index is 1.71. The second kappa shape index (κ2) is 5.09. The Labute approximate surface area is 137 Å². The van der Waals surface area contributed by atoms with Crippen LogP contribution < -0.4 is 0 Å². The Hall–Kier alpha value is -2.34. The summed E-state index contributed by atoms with van der Waals surface area (Å²) in [4.78, 5) is 0. The summed E-state index contributed by atoms with van der Waals surface area (Å²) >= 11 is 0. The van der Waals surface area contributed by atoms with Crippen molar-refractivity contribution in [3.05, 3.63) is 125 Å². The van der Waals surface area contributed by atoms with Crippen molar-refractivity contribution in [3.63, 3.8) is 0 Å². The first kappa shape index (κ1) is 13.1. The summed E-state index contributed by atoms with van der Waals surface area (Å²) in [7, 11) is 0. The van der Waals surface area contributed by atoms with Crippen molar-refractivity contribution >= 4 is 12.2 Å². The minimum Gasteiger partial charge on any atom is -0.0761 e. The van der Waals surface area contributed by atoms with E-state index >= 15 is 0 Å². The fourth-order valence-corrected chi connectivity index (χ4v) is 3.49. The molecule has 5 radical (unpaired) electrons. The van der Waals surface area contributed by atoms with Gasteiger partial charge in [-0.3, -0.25) is 0 Å². The third kappa shape index (κ3) is 2.13. The first-order valence-corrected chi connectivity index (χ1v) is 7.96. The molecule has 6 aliphatic carbocycles. The Bertz CT molecular complexity index is 802. The molecule has 0 unspecified atom stereocenters. The molecule has 2 aromatic carbocycles. The van der Waals surface area contributed by atoms with Crippen LogP contribution in [0.1, 0.15) is 22.3 Å². The van der Waals surface area contributed by atoms with E-state index in [9.17, 15) is 0 Å². The molecule has 0 aliphatic heterocycles. The predicted octanol–water partition coefficient (Wildman–Crippen LogP) is 5.21. The maximum Gasteiger partial charge on any atom is 0.0285 e. The van der Waals surface area contributed by atoms with E-state index in [0.717, 1.165) is 0 Å². The fourth-order valence-electron chi connectivity index (χ4n) is 3.49. The molecule has 23 heavy (non-hydrogen) atoms. The molecule has 1 fully saturated rings. The molecule has 0 atom stereocenters. The van der Waals surface area contributed by atoms with Crippen LogP contribution in [0.25, 0.3) is 12.2 Å². The summed E-state index contributed by atoms with van der Waals surface area (Å²) in [5, 5.41) is 0. The Morgan fingerprint density at radius 3 is 1.78 bits per heavy atom. The molecule has 0 nitrogen and oxygen atoms in total. The number of hydrogen-bond acceptors (Lipinski definition) is 0. The molecule has 0 N–H and O–H groups in total. The van der Waals surface area contributed by atoms with Crippen LogP contribution in [0.3, 0.4) is 0 Å². The Morgan fingerprint density at radius 1 is 0.478 bits per heavy atom. The molecular formula is C23H15. The molecule has 107 valence electrons. The fraction of sp³-hybridized carbons (Fsp3) is 0. The molecule has 0 saturated heterocycles. The lowest BCUT2D eigenvalue weighted by Gasteiger charge is -2.24. The summed E-state index contributed by atoms with van der Waals surface area (Å²) < 4.78 is 0. The maximum atomic E-state index is 2.31. The molecule has 8 rings (SSSR count). The largest absolute Gasteiger partial charge is 0.0761 e. The zero-order chi connectivity index (χ0) is 15.2. The zero-order valence-corrected chi connectivity index (χ0v) is 12.7. The van der Waals surface area contributed by atoms with Gasteiger partial charge in [-0.15, -0.1) is 0 Å². The van der Waals surface area contributed by atoms with Crippen molar-refractivity contribution in [1.29, 1.82) is 0 Å². The maximum absolute atomic E-state index is 2.31. The molecular weight excluding hydrogens is 276 g/mol. The van der Waals surface area contributed by atoms with Gasteiger partial charge in [0.2, 0.25) is 0 Å². The number of rotatable bonds is 0. The molecule has 2 aromatic rings. The lowest BCUT2D eigenvalue weighted by molar-refractivity contribution is 1.09. The summed E-state index contributed by atoms with van der Waals surface area (Å²) in [5.74, 6) is 5.28. The van der Waals surface area contributed by atoms with Gasteiger partial charge in [0.1, 0.15) is 0 Å². The molecule has 6 aliphatic rings. The lowest BCUT2D eigenvalue weighted by Crippen LogP contribution is -2.13. The number of benzene rings is 2. The van der Waals surface area contributed by atoms with Crippen LogP contribution in [0, 0.1) is 30.1 Å². The van der Waals surface area contributed by atoms with Gasteiger partial charge in [-0.2, -0.15) is 0 Å². The molecule has 0 heterocycles. The Kier molecular flexibility index (Phi) is 2.91. The third-order valence-electron chi connectivity index (χ3n) is 4.69. The van der Waals surface area contributed by atoms with Crippen LogP contribution in [-0.4, -0.2) is 0 Å². The van der Waals surface area contributed by atoms with Crippen LogP contribution in [0.15, 0.2) is 72.8 Å². The first-order chi connectivity index (χ1) is 11.4. The minimum absolute atomic E-state index is 1.23. The summed E-state index contributed by atoms with van der Waals surface area (Å²) in [5.41, 5.74) is 5.02. The van der Waals surface area contributed by atoms with E-state index in [-0.39, 0.29) is 0 Å². The van der Waals surface area contributed by atoms with Gasteiger partial charge < -0.3 is 0 Å². The highest BCUT2D eigenvalue weighted by atomic mass is 14.5. The van der Waals surface area contributed by atoms with E-state index in [2.05, 4.69) is 91.4 Å². The highest BCUT2D eigenvalue weighted by molar-refractivity contribution is 5.78. The van der Waals surface area contributed by atoms with Crippen LogP contribution in [0.2, 0.25) is 0 Å². The van der Waals surface area contributed by atoms with E-state index < -0.39 is 0 Å². The van der Waals surface area contributed by atoms with E-state index in [1.165, 1.54) is 45.9 Å². The van der Waals surface area contributed by atoms with Crippen molar-refractivity contribution in [2.75, 3.05) is 0 Å². The van der Waals surface area contributed by atoms with Gasteiger partial charge in [-0.1, -0.05) is 85.0 Å². The molecule has 0 amide bonds. The molecule has 4 bridgehead atoms. The monoisotopic (exact) mass is 291 g/mol. The highest BCUT2D eigenvalue weighted by Gasteiger charge is 2.45. The van der Waals surface area contributed by atoms with Gasteiger partial charge in [0.05, 0.1) is 0 Å². The van der Waals surface area contributed by atoms with Crippen LogP contribution >= 0.6 is 0 Å². The van der Waals surface area contributed by atoms with Crippen molar-refractivity contribution in [2.24, 2.45) is 0 Å². The number of allylic oxidation sites excluding steroid dienone is 4. The van der Waals surface area contributed by atoms with E-state index in [1.54, 1.807) is 0 Å². The molecule has 0 aromatic heterocycles. The standard InChI is InChI=1S/C23H15/c1-2-4-21-20(3-1)15-22-18-11-7-16(8-12-18)5-6-17-9-13-19(14-10-17)23(21)22/h1-15H/b6-5-. The number of hydrogen-bond donors (Lipinski definition) is 0. The van der Waals surface area contributed by atoms with Crippen molar-refractivity contribution in [1.82, 2.24) is 0 Å². The highest BCUT2D eigenvalue weighted by Crippen LogP contribution is 2.54. The molecule has 0 spiro atoms. The van der Waals surface area contributed by atoms with Crippen LogP contribution in [-0.2, 0) is 0 Å². The summed E-state index contributed by atoms with van der Waals surface area (Å²) in [6, 6.07) is 17.7. The first-order valence-electron chi connectivity index (χ1n) is 7.96. The molecule has 1 saturated carbocycles. The average Bonchev–Trinajstić information content (AvgIpc) is 2.99. The van der Waals surface area contributed by atoms with E-state index in [1.807, 2.05) is 0 Å². The van der Waals surface area contributed by atoms with E-state index in [0.29, 0.717) is 0 Å². The quantitative estimate of drug-likeness (QED) is 0.625. The van der Waals surface area contributed by atoms with Crippen molar-refractivity contribution in [2.45, 2.75) is 0 Å². The SMILES string of the molecule is [CH]1[C]2C=CC=C[C]2[C]2[C]1c1ccc(cc1)/C=C\c1ccc2cc1. The van der Waals surface area contributed by atoms with Gasteiger partial charge in [-0.05, 0) is 28.7 Å². The van der Waals surface area contributed by atoms with Crippen LogP contribution in [0.4, 0.5) is 0 Å². The van der Waals surface area contributed by atoms with E-state index in [4.69, 9.17) is 0 Å². The zero-order valence-electron chi connectivity index (χ0n) is 12.7. The summed E-state index contributed by atoms with van der Waals surface area (Å²) in [6.07, 6.45) is 15.3.